The Hall–Kier alpha value is -3.00. The Bertz CT molecular complexity index is 959. The van der Waals surface area contributed by atoms with Gasteiger partial charge in [-0.2, -0.15) is 0 Å². The van der Waals surface area contributed by atoms with Gasteiger partial charge in [0.1, 0.15) is 12.4 Å². The molecule has 1 heterocycles. The lowest BCUT2D eigenvalue weighted by Gasteiger charge is -2.20. The number of methoxy groups -OCH3 is 1. The van der Waals surface area contributed by atoms with Gasteiger partial charge in [0.2, 0.25) is 11.2 Å². The Balaban J connectivity index is 2.02. The first-order valence-corrected chi connectivity index (χ1v) is 10.4. The van der Waals surface area contributed by atoms with E-state index in [-0.39, 0.29) is 30.7 Å². The number of rotatable bonds is 9. The van der Waals surface area contributed by atoms with E-state index in [2.05, 4.69) is 0 Å². The summed E-state index contributed by atoms with van der Waals surface area (Å²) in [6.07, 6.45) is 4.20. The fraction of sp³-hybridized carbons (Fsp3) is 0.478. The molecule has 0 unspecified atom stereocenters. The van der Waals surface area contributed by atoms with Crippen LogP contribution >= 0.6 is 0 Å². The summed E-state index contributed by atoms with van der Waals surface area (Å²) in [6, 6.07) is 6.19. The molecule has 0 amide bonds. The second-order valence-corrected chi connectivity index (χ2v) is 7.44. The minimum Gasteiger partial charge on any atom is -0.502 e. The number of carbonyl (C=O) groups excluding carboxylic acids is 1. The van der Waals surface area contributed by atoms with Crippen LogP contribution in [-0.4, -0.2) is 36.0 Å². The van der Waals surface area contributed by atoms with Crippen molar-refractivity contribution in [2.45, 2.75) is 57.7 Å². The van der Waals surface area contributed by atoms with Crippen LogP contribution in [0, 0.1) is 0 Å². The molecule has 2 aromatic rings. The Morgan fingerprint density at radius 2 is 1.97 bits per heavy atom. The van der Waals surface area contributed by atoms with Gasteiger partial charge < -0.3 is 28.8 Å². The first-order chi connectivity index (χ1) is 15.0. The Morgan fingerprint density at radius 3 is 2.61 bits per heavy atom. The quantitative estimate of drug-likeness (QED) is 0.580. The predicted molar refractivity (Wildman–Crippen MR) is 112 cm³/mol. The molecule has 1 aromatic carbocycles. The van der Waals surface area contributed by atoms with Gasteiger partial charge in [0, 0.05) is 6.07 Å². The molecule has 168 valence electrons. The monoisotopic (exact) mass is 432 g/mol. The molecule has 0 bridgehead atoms. The Kier molecular flexibility index (Phi) is 7.57. The highest BCUT2D eigenvalue weighted by molar-refractivity contribution is 5.71. The number of benzene rings is 1. The van der Waals surface area contributed by atoms with E-state index in [4.69, 9.17) is 18.6 Å². The van der Waals surface area contributed by atoms with Crippen LogP contribution in [0.4, 0.5) is 0 Å². The molecular formula is C23H28O8. The van der Waals surface area contributed by atoms with E-state index in [1.807, 2.05) is 0 Å². The average Bonchev–Trinajstić information content (AvgIpc) is 3.28. The van der Waals surface area contributed by atoms with Gasteiger partial charge in [0.25, 0.3) is 0 Å². The Labute approximate surface area is 180 Å². The first kappa shape index (κ1) is 22.7. The van der Waals surface area contributed by atoms with Crippen LogP contribution in [0.3, 0.4) is 0 Å². The molecule has 8 heteroatoms. The van der Waals surface area contributed by atoms with E-state index >= 15 is 0 Å². The predicted octanol–water partition coefficient (Wildman–Crippen LogP) is 3.25. The maximum Gasteiger partial charge on any atom is 0.306 e. The van der Waals surface area contributed by atoms with Gasteiger partial charge in [-0.3, -0.25) is 9.59 Å². The number of aromatic hydroxyl groups is 1. The largest absolute Gasteiger partial charge is 0.502 e. The van der Waals surface area contributed by atoms with E-state index in [0.29, 0.717) is 17.1 Å². The minimum absolute atomic E-state index is 0.0141. The molecule has 1 fully saturated rings. The van der Waals surface area contributed by atoms with Crippen LogP contribution in [-0.2, 0) is 16.1 Å². The molecule has 0 saturated heterocycles. The van der Waals surface area contributed by atoms with Crippen LogP contribution in [0.2, 0.25) is 0 Å². The second-order valence-electron chi connectivity index (χ2n) is 7.44. The molecule has 1 atom stereocenters. The molecule has 0 radical (unpaired) electrons. The van der Waals surface area contributed by atoms with Crippen molar-refractivity contribution < 1.29 is 33.6 Å². The smallest absolute Gasteiger partial charge is 0.306 e. The average molecular weight is 432 g/mol. The molecule has 8 nitrogen and oxygen atoms in total. The SMILES string of the molecule is CCOC(=O)C[C@@H](c1ccc(OC2CCCC2)c(OC)c1)c1oc(CO)cc(=O)c1O. The summed E-state index contributed by atoms with van der Waals surface area (Å²) < 4.78 is 22.2. The number of aliphatic hydroxyl groups is 1. The van der Waals surface area contributed by atoms with Crippen LogP contribution in [0.1, 0.15) is 62.0 Å². The van der Waals surface area contributed by atoms with E-state index in [9.17, 15) is 19.8 Å². The molecule has 1 saturated carbocycles. The molecule has 1 aromatic heterocycles. The van der Waals surface area contributed by atoms with Crippen LogP contribution < -0.4 is 14.9 Å². The minimum atomic E-state index is -0.826. The maximum atomic E-state index is 12.3. The summed E-state index contributed by atoms with van der Waals surface area (Å²) in [5, 5.41) is 19.8. The number of carbonyl (C=O) groups is 1. The van der Waals surface area contributed by atoms with Crippen molar-refractivity contribution in [2.24, 2.45) is 0 Å². The molecule has 31 heavy (non-hydrogen) atoms. The fourth-order valence-electron chi connectivity index (χ4n) is 3.80. The van der Waals surface area contributed by atoms with Crippen molar-refractivity contribution in [3.05, 3.63) is 51.6 Å². The van der Waals surface area contributed by atoms with Crippen LogP contribution in [0.5, 0.6) is 17.2 Å². The van der Waals surface area contributed by atoms with E-state index < -0.39 is 29.7 Å². The van der Waals surface area contributed by atoms with Gasteiger partial charge in [-0.15, -0.1) is 0 Å². The topological polar surface area (TPSA) is 115 Å². The number of esters is 1. The first-order valence-electron chi connectivity index (χ1n) is 10.4. The highest BCUT2D eigenvalue weighted by Crippen LogP contribution is 2.39. The summed E-state index contributed by atoms with van der Waals surface area (Å²) in [6.45, 7) is 1.36. The zero-order valence-electron chi connectivity index (χ0n) is 17.8. The number of ether oxygens (including phenoxy) is 3. The lowest BCUT2D eigenvalue weighted by Crippen LogP contribution is -2.15. The molecule has 3 rings (SSSR count). The van der Waals surface area contributed by atoms with E-state index in [1.165, 1.54) is 7.11 Å². The number of aliphatic hydroxyl groups excluding tert-OH is 1. The Morgan fingerprint density at radius 1 is 1.23 bits per heavy atom. The van der Waals surface area contributed by atoms with Crippen molar-refractivity contribution in [3.63, 3.8) is 0 Å². The molecule has 2 N–H and O–H groups in total. The van der Waals surface area contributed by atoms with Crippen molar-refractivity contribution in [3.8, 4) is 17.2 Å². The zero-order valence-corrected chi connectivity index (χ0v) is 17.8. The second kappa shape index (κ2) is 10.3. The normalized spacial score (nSPS) is 14.9. The third kappa shape index (κ3) is 5.38. The third-order valence-corrected chi connectivity index (χ3v) is 5.33. The molecule has 1 aliphatic rings. The molecular weight excluding hydrogens is 404 g/mol. The van der Waals surface area contributed by atoms with Gasteiger partial charge in [0.05, 0.1) is 32.2 Å². The summed E-state index contributed by atoms with van der Waals surface area (Å²) in [7, 11) is 1.52. The molecule has 0 spiro atoms. The molecule has 0 aliphatic heterocycles. The lowest BCUT2D eigenvalue weighted by atomic mass is 9.91. The van der Waals surface area contributed by atoms with Crippen molar-refractivity contribution in [2.75, 3.05) is 13.7 Å². The molecule has 1 aliphatic carbocycles. The van der Waals surface area contributed by atoms with E-state index in [0.717, 1.165) is 31.7 Å². The summed E-state index contributed by atoms with van der Waals surface area (Å²) in [5.41, 5.74) is -0.135. The van der Waals surface area contributed by atoms with Crippen LogP contribution in [0.15, 0.2) is 33.5 Å². The fourth-order valence-corrected chi connectivity index (χ4v) is 3.80. The number of hydrogen-bond donors (Lipinski definition) is 2. The standard InChI is InChI=1S/C23H28O8/c1-3-29-21(26)12-17(23-22(27)18(25)11-16(13-24)31-23)14-8-9-19(20(10-14)28-2)30-15-6-4-5-7-15/h8-11,15,17,24,27H,3-7,12-13H2,1-2H3/t17-/m0/s1. The van der Waals surface area contributed by atoms with Gasteiger partial charge >= 0.3 is 5.97 Å². The van der Waals surface area contributed by atoms with Crippen molar-refractivity contribution in [1.29, 1.82) is 0 Å². The van der Waals surface area contributed by atoms with Crippen molar-refractivity contribution >= 4 is 5.97 Å². The third-order valence-electron chi connectivity index (χ3n) is 5.33. The highest BCUT2D eigenvalue weighted by atomic mass is 16.5. The lowest BCUT2D eigenvalue weighted by molar-refractivity contribution is -0.143. The summed E-state index contributed by atoms with van der Waals surface area (Å²) in [4.78, 5) is 24.4. The summed E-state index contributed by atoms with van der Waals surface area (Å²) >= 11 is 0. The van der Waals surface area contributed by atoms with Gasteiger partial charge in [-0.05, 0) is 50.3 Å². The van der Waals surface area contributed by atoms with Gasteiger partial charge in [0.15, 0.2) is 17.3 Å². The van der Waals surface area contributed by atoms with Crippen LogP contribution in [0.25, 0.3) is 0 Å². The maximum absolute atomic E-state index is 12.3. The van der Waals surface area contributed by atoms with Gasteiger partial charge in [-0.1, -0.05) is 6.07 Å². The van der Waals surface area contributed by atoms with E-state index in [1.54, 1.807) is 25.1 Å². The number of hydrogen-bond acceptors (Lipinski definition) is 8. The van der Waals surface area contributed by atoms with Crippen molar-refractivity contribution in [1.82, 2.24) is 0 Å². The summed E-state index contributed by atoms with van der Waals surface area (Å²) in [5.74, 6) is -1.03. The highest BCUT2D eigenvalue weighted by Gasteiger charge is 2.28. The zero-order chi connectivity index (χ0) is 22.4. The van der Waals surface area contributed by atoms with Gasteiger partial charge in [-0.25, -0.2) is 0 Å².